The first kappa shape index (κ1) is 18.7. The van der Waals surface area contributed by atoms with Gasteiger partial charge in [0.1, 0.15) is 17.4 Å². The Morgan fingerprint density at radius 1 is 1.32 bits per heavy atom. The first-order valence-corrected chi connectivity index (χ1v) is 9.16. The van der Waals surface area contributed by atoms with Crippen molar-refractivity contribution in [1.29, 1.82) is 5.26 Å². The fraction of sp³-hybridized carbons (Fsp3) is 0.316. The quantitative estimate of drug-likeness (QED) is 0.404. The van der Waals surface area contributed by atoms with Crippen LogP contribution >= 0.6 is 11.3 Å². The van der Waals surface area contributed by atoms with Gasteiger partial charge in [0.05, 0.1) is 6.61 Å². The Labute approximate surface area is 152 Å². The molecule has 2 aromatic rings. The van der Waals surface area contributed by atoms with Crippen LogP contribution in [0.2, 0.25) is 0 Å². The van der Waals surface area contributed by atoms with Crippen molar-refractivity contribution in [2.24, 2.45) is 0 Å². The number of aromatic nitrogens is 1. The average molecular weight is 355 g/mol. The number of nitrogens with zero attached hydrogens (tertiary/aromatic N) is 2. The maximum absolute atomic E-state index is 12.1. The molecule has 1 aromatic heterocycles. The van der Waals surface area contributed by atoms with Crippen LogP contribution < -0.4 is 10.1 Å². The number of nitriles is 1. The summed E-state index contributed by atoms with van der Waals surface area (Å²) in [6.45, 7) is 2.88. The maximum Gasteiger partial charge on any atom is 0.268 e. The van der Waals surface area contributed by atoms with E-state index in [1.807, 2.05) is 30.3 Å². The number of rotatable bonds is 9. The molecule has 0 saturated carbocycles. The van der Waals surface area contributed by atoms with Gasteiger partial charge in [0.25, 0.3) is 5.91 Å². The van der Waals surface area contributed by atoms with Crippen LogP contribution in [0.5, 0.6) is 5.75 Å². The first-order chi connectivity index (χ1) is 12.2. The molecule has 0 saturated heterocycles. The second-order valence-corrected chi connectivity index (χ2v) is 6.33. The van der Waals surface area contributed by atoms with Crippen molar-refractivity contribution in [2.75, 3.05) is 11.9 Å². The third kappa shape index (κ3) is 6.40. The Morgan fingerprint density at radius 2 is 2.12 bits per heavy atom. The number of carbonyl (C=O) groups excluding carboxylic acids is 1. The summed E-state index contributed by atoms with van der Waals surface area (Å²) in [4.78, 5) is 16.1. The zero-order chi connectivity index (χ0) is 17.9. The number of anilines is 1. The summed E-state index contributed by atoms with van der Waals surface area (Å²) < 4.78 is 5.68. The molecule has 0 aliphatic carbocycles. The number of nitrogens with one attached hydrogen (secondary N) is 1. The highest BCUT2D eigenvalue weighted by atomic mass is 32.1. The lowest BCUT2D eigenvalue weighted by atomic mass is 10.1. The van der Waals surface area contributed by atoms with Gasteiger partial charge in [0.2, 0.25) is 0 Å². The van der Waals surface area contributed by atoms with Crippen LogP contribution in [0.3, 0.4) is 0 Å². The topological polar surface area (TPSA) is 75.0 Å². The molecule has 0 aliphatic rings. The van der Waals surface area contributed by atoms with Crippen molar-refractivity contribution in [3.05, 3.63) is 47.0 Å². The zero-order valence-electron chi connectivity index (χ0n) is 14.2. The van der Waals surface area contributed by atoms with Crippen molar-refractivity contribution in [1.82, 2.24) is 4.98 Å². The van der Waals surface area contributed by atoms with Crippen molar-refractivity contribution in [3.63, 3.8) is 0 Å². The van der Waals surface area contributed by atoms with Gasteiger partial charge in [0.15, 0.2) is 5.13 Å². The monoisotopic (exact) mass is 355 g/mol. The Balaban J connectivity index is 1.92. The van der Waals surface area contributed by atoms with E-state index in [9.17, 15) is 10.1 Å². The minimum absolute atomic E-state index is 0.0310. The fourth-order valence-electron chi connectivity index (χ4n) is 2.14. The molecule has 1 N–H and O–H groups in total. The molecule has 0 aliphatic heterocycles. The number of hydrogen-bond acceptors (Lipinski definition) is 5. The molecule has 130 valence electrons. The molecule has 6 heteroatoms. The molecule has 0 atom stereocenters. The van der Waals surface area contributed by atoms with Crippen LogP contribution in [0.25, 0.3) is 6.08 Å². The Morgan fingerprint density at radius 3 is 2.76 bits per heavy atom. The molecular weight excluding hydrogens is 334 g/mol. The molecule has 1 amide bonds. The molecule has 2 rings (SSSR count). The van der Waals surface area contributed by atoms with Gasteiger partial charge >= 0.3 is 0 Å². The average Bonchev–Trinajstić information content (AvgIpc) is 3.13. The smallest absolute Gasteiger partial charge is 0.268 e. The molecule has 0 radical (unpaired) electrons. The molecule has 0 unspecified atom stereocenters. The molecule has 25 heavy (non-hydrogen) atoms. The summed E-state index contributed by atoms with van der Waals surface area (Å²) in [5, 5.41) is 14.0. The maximum atomic E-state index is 12.1. The normalized spacial score (nSPS) is 11.0. The highest BCUT2D eigenvalue weighted by Crippen LogP contribution is 2.17. The van der Waals surface area contributed by atoms with Gasteiger partial charge in [-0.05, 0) is 30.2 Å². The number of ether oxygens (including phenoxy) is 1. The van der Waals surface area contributed by atoms with Gasteiger partial charge < -0.3 is 4.74 Å². The molecule has 1 aromatic carbocycles. The predicted octanol–water partition coefficient (Wildman–Crippen LogP) is 4.65. The van der Waals surface area contributed by atoms with Gasteiger partial charge in [-0.15, -0.1) is 11.3 Å². The van der Waals surface area contributed by atoms with Crippen molar-refractivity contribution in [2.45, 2.75) is 32.6 Å². The minimum Gasteiger partial charge on any atom is -0.494 e. The summed E-state index contributed by atoms with van der Waals surface area (Å²) in [6.07, 6.45) is 7.80. The van der Waals surface area contributed by atoms with Crippen LogP contribution in [0, 0.1) is 11.3 Å². The van der Waals surface area contributed by atoms with Gasteiger partial charge in [-0.25, -0.2) is 4.98 Å². The molecule has 1 heterocycles. The zero-order valence-corrected chi connectivity index (χ0v) is 15.0. The minimum atomic E-state index is -0.464. The number of unbranched alkanes of at least 4 members (excludes halogenated alkanes) is 3. The Hall–Kier alpha value is -2.65. The van der Waals surface area contributed by atoms with E-state index in [1.54, 1.807) is 17.7 Å². The van der Waals surface area contributed by atoms with Gasteiger partial charge in [-0.1, -0.05) is 38.3 Å². The summed E-state index contributed by atoms with van der Waals surface area (Å²) in [5.74, 6) is 0.327. The van der Waals surface area contributed by atoms with E-state index in [1.165, 1.54) is 30.6 Å². The SMILES string of the molecule is CCCCCCOc1ccc(C=C(C#N)C(=O)Nc2nccs2)cc1. The van der Waals surface area contributed by atoms with Crippen LogP contribution in [0.4, 0.5) is 5.13 Å². The Bertz CT molecular complexity index is 731. The van der Waals surface area contributed by atoms with Crippen molar-refractivity contribution >= 4 is 28.5 Å². The Kier molecular flexibility index (Phi) is 7.67. The van der Waals surface area contributed by atoms with Crippen LogP contribution in [0.1, 0.15) is 38.2 Å². The van der Waals surface area contributed by atoms with Gasteiger partial charge in [-0.3, -0.25) is 10.1 Å². The van der Waals surface area contributed by atoms with Crippen molar-refractivity contribution < 1.29 is 9.53 Å². The predicted molar refractivity (Wildman–Crippen MR) is 100 cm³/mol. The van der Waals surface area contributed by atoms with E-state index in [4.69, 9.17) is 4.74 Å². The van der Waals surface area contributed by atoms with Gasteiger partial charge in [-0.2, -0.15) is 5.26 Å². The van der Waals surface area contributed by atoms with Gasteiger partial charge in [0, 0.05) is 11.6 Å². The van der Waals surface area contributed by atoms with E-state index in [0.29, 0.717) is 11.7 Å². The van der Waals surface area contributed by atoms with E-state index >= 15 is 0 Å². The highest BCUT2D eigenvalue weighted by Gasteiger charge is 2.10. The largest absolute Gasteiger partial charge is 0.494 e. The number of hydrogen-bond donors (Lipinski definition) is 1. The summed E-state index contributed by atoms with van der Waals surface area (Å²) in [5.41, 5.74) is 0.799. The van der Waals surface area contributed by atoms with E-state index in [-0.39, 0.29) is 5.57 Å². The standard InChI is InChI=1S/C19H21N3O2S/c1-2-3-4-5-11-24-17-8-6-15(7-9-17)13-16(14-20)18(23)22-19-21-10-12-25-19/h6-10,12-13H,2-5,11H2,1H3,(H,21,22,23). The third-order valence-electron chi connectivity index (χ3n) is 3.48. The second-order valence-electron chi connectivity index (χ2n) is 5.44. The molecular formula is C19H21N3O2S. The molecule has 0 fully saturated rings. The number of thiazole rings is 1. The third-order valence-corrected chi connectivity index (χ3v) is 4.16. The van der Waals surface area contributed by atoms with Crippen LogP contribution in [-0.4, -0.2) is 17.5 Å². The summed E-state index contributed by atoms with van der Waals surface area (Å²) in [7, 11) is 0. The highest BCUT2D eigenvalue weighted by molar-refractivity contribution is 7.13. The molecule has 0 spiro atoms. The van der Waals surface area contributed by atoms with E-state index in [2.05, 4.69) is 17.2 Å². The lowest BCUT2D eigenvalue weighted by molar-refractivity contribution is -0.112. The van der Waals surface area contributed by atoms with Crippen LogP contribution in [0.15, 0.2) is 41.4 Å². The number of carbonyl (C=O) groups is 1. The molecule has 0 bridgehead atoms. The first-order valence-electron chi connectivity index (χ1n) is 8.28. The van der Waals surface area contributed by atoms with E-state index < -0.39 is 5.91 Å². The lowest BCUT2D eigenvalue weighted by Gasteiger charge is -2.06. The lowest BCUT2D eigenvalue weighted by Crippen LogP contribution is -2.13. The molecule has 5 nitrogen and oxygen atoms in total. The van der Waals surface area contributed by atoms with Crippen LogP contribution in [-0.2, 0) is 4.79 Å². The number of amides is 1. The van der Waals surface area contributed by atoms with Crippen molar-refractivity contribution in [3.8, 4) is 11.8 Å². The fourth-order valence-corrected chi connectivity index (χ4v) is 2.67. The summed E-state index contributed by atoms with van der Waals surface area (Å²) in [6, 6.07) is 9.28. The number of benzene rings is 1. The summed E-state index contributed by atoms with van der Waals surface area (Å²) >= 11 is 1.30. The van der Waals surface area contributed by atoms with E-state index in [0.717, 1.165) is 17.7 Å². The second kappa shape index (κ2) is 10.3.